The second-order valence-electron chi connectivity index (χ2n) is 5.86. The van der Waals surface area contributed by atoms with Crippen molar-refractivity contribution in [3.63, 3.8) is 0 Å². The zero-order chi connectivity index (χ0) is 13.8. The third kappa shape index (κ3) is 1.76. The van der Waals surface area contributed by atoms with Crippen LogP contribution in [-0.4, -0.2) is 65.4 Å². The summed E-state index contributed by atoms with van der Waals surface area (Å²) in [6.45, 7) is 3.04. The topological polar surface area (TPSA) is 84.9 Å². The van der Waals surface area contributed by atoms with Gasteiger partial charge in [0, 0.05) is 20.1 Å². The van der Waals surface area contributed by atoms with Gasteiger partial charge < -0.3 is 15.7 Å². The van der Waals surface area contributed by atoms with E-state index in [-0.39, 0.29) is 23.4 Å². The second kappa shape index (κ2) is 4.16. The van der Waals surface area contributed by atoms with Crippen LogP contribution in [0.25, 0.3) is 0 Å². The van der Waals surface area contributed by atoms with Gasteiger partial charge in [-0.1, -0.05) is 0 Å². The van der Waals surface area contributed by atoms with E-state index in [9.17, 15) is 14.7 Å². The van der Waals surface area contributed by atoms with Gasteiger partial charge in [0.1, 0.15) is 6.04 Å². The third-order valence-electron chi connectivity index (χ3n) is 4.67. The van der Waals surface area contributed by atoms with Gasteiger partial charge in [-0.2, -0.15) is 0 Å². The summed E-state index contributed by atoms with van der Waals surface area (Å²) in [6.07, 6.45) is 0.560. The fraction of sp³-hybridized carbons (Fsp3) is 0.833. The maximum atomic E-state index is 12.1. The van der Waals surface area contributed by atoms with Crippen LogP contribution >= 0.6 is 0 Å². The molecule has 0 bridgehead atoms. The number of hydrogen-bond acceptors (Lipinski definition) is 5. The Morgan fingerprint density at radius 3 is 2.74 bits per heavy atom. The monoisotopic (exact) mass is 268 g/mol. The quantitative estimate of drug-likeness (QED) is 0.491. The maximum Gasteiger partial charge on any atom is 0.242 e. The number of fused-ring (bicyclic) bond motifs is 1. The van der Waals surface area contributed by atoms with E-state index in [0.717, 1.165) is 13.0 Å². The van der Waals surface area contributed by atoms with Crippen molar-refractivity contribution >= 4 is 11.8 Å². The van der Waals surface area contributed by atoms with E-state index in [1.54, 1.807) is 6.92 Å². The number of aliphatic hydroxyl groups excluding tert-OH is 1. The number of rotatable bonds is 1. The average molecular weight is 268 g/mol. The van der Waals surface area contributed by atoms with Gasteiger partial charge in [0.15, 0.2) is 0 Å². The lowest BCUT2D eigenvalue weighted by Gasteiger charge is -2.55. The molecule has 19 heavy (non-hydrogen) atoms. The predicted molar refractivity (Wildman–Crippen MR) is 66.5 cm³/mol. The number of carbonyl (C=O) groups is 2. The molecular weight excluding hydrogens is 248 g/mol. The number of nitrogens with zero attached hydrogens (tertiary/aromatic N) is 2. The van der Waals surface area contributed by atoms with Crippen LogP contribution in [0.1, 0.15) is 19.8 Å². The molecule has 3 aliphatic rings. The molecule has 1 spiro atoms. The van der Waals surface area contributed by atoms with Crippen LogP contribution in [0.4, 0.5) is 0 Å². The molecule has 0 aromatic rings. The fourth-order valence-electron chi connectivity index (χ4n) is 3.45. The Kier molecular flexibility index (Phi) is 2.81. The van der Waals surface area contributed by atoms with E-state index in [0.29, 0.717) is 13.0 Å². The number of piperidine rings is 1. The van der Waals surface area contributed by atoms with Crippen LogP contribution in [0.3, 0.4) is 0 Å². The molecule has 0 aromatic carbocycles. The number of β-lactam (4-membered cyclic amide) rings is 1. The second-order valence-corrected chi connectivity index (χ2v) is 5.86. The fourth-order valence-corrected chi connectivity index (χ4v) is 3.45. The Labute approximate surface area is 111 Å². The van der Waals surface area contributed by atoms with E-state index < -0.39 is 12.1 Å². The first-order valence-electron chi connectivity index (χ1n) is 6.71. The Morgan fingerprint density at radius 1 is 1.47 bits per heavy atom. The molecule has 0 aliphatic carbocycles. The van der Waals surface area contributed by atoms with Crippen LogP contribution in [0.2, 0.25) is 0 Å². The normalized spacial score (nSPS) is 41.2. The van der Waals surface area contributed by atoms with Gasteiger partial charge in [-0.25, -0.2) is 10.0 Å². The highest BCUT2D eigenvalue weighted by Crippen LogP contribution is 2.40. The summed E-state index contributed by atoms with van der Waals surface area (Å²) in [6, 6.07) is -0.555. The van der Waals surface area contributed by atoms with Crippen LogP contribution < -0.4 is 10.6 Å². The van der Waals surface area contributed by atoms with Crippen molar-refractivity contribution in [1.82, 2.24) is 20.7 Å². The summed E-state index contributed by atoms with van der Waals surface area (Å²) in [5.41, 5.74) is -0.299. The molecule has 3 rings (SSSR count). The lowest BCUT2D eigenvalue weighted by molar-refractivity contribution is -0.190. The summed E-state index contributed by atoms with van der Waals surface area (Å²) in [5, 5.41) is 19.3. The minimum absolute atomic E-state index is 0.0988. The summed E-state index contributed by atoms with van der Waals surface area (Å²) < 4.78 is 0. The van der Waals surface area contributed by atoms with Crippen molar-refractivity contribution in [2.45, 2.75) is 38.1 Å². The Bertz CT molecular complexity index is 427. The van der Waals surface area contributed by atoms with Crippen LogP contribution in [0.5, 0.6) is 0 Å². The molecule has 4 atom stereocenters. The molecule has 3 aliphatic heterocycles. The number of aliphatic hydroxyl groups is 1. The van der Waals surface area contributed by atoms with Crippen molar-refractivity contribution in [2.75, 3.05) is 20.1 Å². The summed E-state index contributed by atoms with van der Waals surface area (Å²) in [5.74, 6) is -0.0720. The molecule has 0 saturated carbocycles. The minimum atomic E-state index is -0.728. The van der Waals surface area contributed by atoms with E-state index >= 15 is 0 Å². The maximum absolute atomic E-state index is 12.1. The number of carbonyl (C=O) groups excluding carboxylic acids is 2. The Hall–Kier alpha value is -1.18. The Morgan fingerprint density at radius 2 is 2.21 bits per heavy atom. The number of hydrazine groups is 1. The molecule has 7 heteroatoms. The van der Waals surface area contributed by atoms with Crippen molar-refractivity contribution in [3.05, 3.63) is 0 Å². The third-order valence-corrected chi connectivity index (χ3v) is 4.67. The zero-order valence-corrected chi connectivity index (χ0v) is 11.2. The van der Waals surface area contributed by atoms with Crippen molar-refractivity contribution in [2.24, 2.45) is 5.41 Å². The number of nitrogens with one attached hydrogen (secondary N) is 2. The summed E-state index contributed by atoms with van der Waals surface area (Å²) in [4.78, 5) is 23.8. The number of likely N-dealkylation sites (N-methyl/N-ethyl adjacent to an activating group) is 1. The highest BCUT2D eigenvalue weighted by atomic mass is 16.3. The number of hydrogen-bond donors (Lipinski definition) is 3. The smallest absolute Gasteiger partial charge is 0.242 e. The van der Waals surface area contributed by atoms with Crippen molar-refractivity contribution in [3.8, 4) is 0 Å². The lowest BCUT2D eigenvalue weighted by atomic mass is 9.71. The first-order valence-corrected chi connectivity index (χ1v) is 6.71. The summed E-state index contributed by atoms with van der Waals surface area (Å²) in [7, 11) is 1.82. The van der Waals surface area contributed by atoms with Gasteiger partial charge in [0.25, 0.3) is 0 Å². The standard InChI is InChI=1S/C12H20N4O3/c1-7(17)9-10(18)14-8-5-12(6-13-11(12)19)3-4-16(8)15(9)2/h7-9,17H,3-6H2,1-2H3,(H,13,19)(H,14,18)/t7-,8?,9?,12?/m1/s1. The Balaban J connectivity index is 1.78. The molecule has 0 radical (unpaired) electrons. The lowest BCUT2D eigenvalue weighted by Crippen LogP contribution is -2.75. The molecule has 3 unspecified atom stereocenters. The van der Waals surface area contributed by atoms with Crippen LogP contribution in [-0.2, 0) is 9.59 Å². The molecule has 3 N–H and O–H groups in total. The van der Waals surface area contributed by atoms with Crippen LogP contribution in [0.15, 0.2) is 0 Å². The van der Waals surface area contributed by atoms with Gasteiger partial charge in [0.05, 0.1) is 17.7 Å². The van der Waals surface area contributed by atoms with E-state index in [4.69, 9.17) is 0 Å². The van der Waals surface area contributed by atoms with Crippen LogP contribution in [0, 0.1) is 5.41 Å². The summed E-state index contributed by atoms with van der Waals surface area (Å²) >= 11 is 0. The molecule has 7 nitrogen and oxygen atoms in total. The molecule has 3 heterocycles. The molecular formula is C12H20N4O3. The first kappa shape index (κ1) is 12.8. The van der Waals surface area contributed by atoms with Gasteiger partial charge in [-0.05, 0) is 19.8 Å². The van der Waals surface area contributed by atoms with E-state index in [2.05, 4.69) is 15.6 Å². The molecule has 3 saturated heterocycles. The first-order chi connectivity index (χ1) is 8.94. The van der Waals surface area contributed by atoms with Gasteiger partial charge in [0.2, 0.25) is 11.8 Å². The highest BCUT2D eigenvalue weighted by molar-refractivity contribution is 5.89. The molecule has 106 valence electrons. The largest absolute Gasteiger partial charge is 0.391 e. The van der Waals surface area contributed by atoms with Crippen molar-refractivity contribution in [1.29, 1.82) is 0 Å². The highest BCUT2D eigenvalue weighted by Gasteiger charge is 2.54. The van der Waals surface area contributed by atoms with E-state index in [1.165, 1.54) is 0 Å². The van der Waals surface area contributed by atoms with Gasteiger partial charge in [-0.3, -0.25) is 9.59 Å². The van der Waals surface area contributed by atoms with Crippen molar-refractivity contribution < 1.29 is 14.7 Å². The molecule has 2 amide bonds. The number of amides is 2. The van der Waals surface area contributed by atoms with E-state index in [1.807, 2.05) is 12.1 Å². The molecule has 3 fully saturated rings. The zero-order valence-electron chi connectivity index (χ0n) is 11.2. The van der Waals surface area contributed by atoms with Gasteiger partial charge >= 0.3 is 0 Å². The minimum Gasteiger partial charge on any atom is -0.391 e. The van der Waals surface area contributed by atoms with Gasteiger partial charge in [-0.15, -0.1) is 0 Å². The average Bonchev–Trinajstić information content (AvgIpc) is 2.35. The SMILES string of the molecule is C[C@@H](O)C1C(=O)NC2CC3(CCN2N1C)CNC3=O. The molecule has 0 aromatic heterocycles. The predicted octanol–water partition coefficient (Wildman–Crippen LogP) is -1.75.